The number of nitriles is 1. The molecule has 0 spiro atoms. The number of para-hydroxylation sites is 1. The molecular weight excluding hydrogens is 246 g/mol. The van der Waals surface area contributed by atoms with Crippen molar-refractivity contribution >= 4 is 11.0 Å². The molecule has 3 nitrogen and oxygen atoms in total. The summed E-state index contributed by atoms with van der Waals surface area (Å²) < 4.78 is 2.04. The highest BCUT2D eigenvalue weighted by Crippen LogP contribution is 2.24. The number of nitrogens with zero attached hydrogens (tertiary/aromatic N) is 3. The fourth-order valence-corrected chi connectivity index (χ4v) is 2.49. The first-order chi connectivity index (χ1) is 9.61. The maximum absolute atomic E-state index is 9.14. The minimum absolute atomic E-state index is 0.613. The maximum atomic E-state index is 9.14. The molecule has 3 rings (SSSR count). The van der Waals surface area contributed by atoms with Crippen molar-refractivity contribution in [3.63, 3.8) is 0 Å². The van der Waals surface area contributed by atoms with E-state index >= 15 is 0 Å². The van der Waals surface area contributed by atoms with Crippen molar-refractivity contribution in [2.24, 2.45) is 0 Å². The van der Waals surface area contributed by atoms with E-state index in [1.807, 2.05) is 16.7 Å². The Morgan fingerprint density at radius 3 is 2.45 bits per heavy atom. The average Bonchev–Trinajstić information content (AvgIpc) is 2.88. The van der Waals surface area contributed by atoms with Crippen LogP contribution in [0.1, 0.15) is 22.3 Å². The van der Waals surface area contributed by atoms with Gasteiger partial charge >= 0.3 is 0 Å². The van der Waals surface area contributed by atoms with E-state index in [4.69, 9.17) is 5.26 Å². The number of hydrogen-bond acceptors (Lipinski definition) is 2. The lowest BCUT2D eigenvalue weighted by atomic mass is 10.0. The van der Waals surface area contributed by atoms with Crippen LogP contribution in [0.2, 0.25) is 0 Å². The van der Waals surface area contributed by atoms with E-state index in [2.05, 4.69) is 44.0 Å². The van der Waals surface area contributed by atoms with E-state index in [-0.39, 0.29) is 0 Å². The standard InChI is InChI=1S/C17H15N3/c1-11-7-15(8-12(2)13(11)3)20-10-19-17-14(9-18)5-4-6-16(17)20/h4-8,10H,1-3H3. The molecule has 0 atom stereocenters. The second-order valence-electron chi connectivity index (χ2n) is 5.10. The first-order valence-corrected chi connectivity index (χ1v) is 6.56. The SMILES string of the molecule is Cc1cc(-n2cnc3c(C#N)cccc32)cc(C)c1C. The van der Waals surface area contributed by atoms with E-state index in [0.29, 0.717) is 5.56 Å². The van der Waals surface area contributed by atoms with Crippen LogP contribution >= 0.6 is 0 Å². The Kier molecular flexibility index (Phi) is 2.80. The molecule has 0 saturated carbocycles. The first-order valence-electron chi connectivity index (χ1n) is 6.56. The second-order valence-corrected chi connectivity index (χ2v) is 5.10. The van der Waals surface area contributed by atoms with Gasteiger partial charge in [0.05, 0.1) is 11.1 Å². The molecule has 3 heteroatoms. The quantitative estimate of drug-likeness (QED) is 0.668. The smallest absolute Gasteiger partial charge is 0.107 e. The molecule has 0 bridgehead atoms. The molecule has 0 aliphatic carbocycles. The normalized spacial score (nSPS) is 10.7. The molecule has 2 aromatic carbocycles. The van der Waals surface area contributed by atoms with Gasteiger partial charge in [-0.2, -0.15) is 5.26 Å². The Morgan fingerprint density at radius 2 is 1.80 bits per heavy atom. The Labute approximate surface area is 118 Å². The predicted octanol–water partition coefficient (Wildman–Crippen LogP) is 3.82. The van der Waals surface area contributed by atoms with Crippen molar-refractivity contribution in [3.8, 4) is 11.8 Å². The van der Waals surface area contributed by atoms with Crippen molar-refractivity contribution < 1.29 is 0 Å². The van der Waals surface area contributed by atoms with Gasteiger partial charge in [-0.1, -0.05) is 6.07 Å². The third-order valence-electron chi connectivity index (χ3n) is 3.89. The van der Waals surface area contributed by atoms with Gasteiger partial charge in [0, 0.05) is 5.69 Å². The molecular formula is C17H15N3. The van der Waals surface area contributed by atoms with Crippen LogP contribution in [0.25, 0.3) is 16.7 Å². The van der Waals surface area contributed by atoms with Crippen LogP contribution in [-0.2, 0) is 0 Å². The highest BCUT2D eigenvalue weighted by molar-refractivity contribution is 5.83. The summed E-state index contributed by atoms with van der Waals surface area (Å²) in [7, 11) is 0. The minimum atomic E-state index is 0.613. The summed E-state index contributed by atoms with van der Waals surface area (Å²) in [5.41, 5.74) is 7.26. The molecule has 20 heavy (non-hydrogen) atoms. The molecule has 0 fully saturated rings. The van der Waals surface area contributed by atoms with Gasteiger partial charge in [-0.3, -0.25) is 4.57 Å². The molecule has 0 unspecified atom stereocenters. The van der Waals surface area contributed by atoms with Gasteiger partial charge in [0.25, 0.3) is 0 Å². The number of fused-ring (bicyclic) bond motifs is 1. The van der Waals surface area contributed by atoms with Gasteiger partial charge in [-0.25, -0.2) is 4.98 Å². The van der Waals surface area contributed by atoms with E-state index in [1.54, 1.807) is 12.4 Å². The van der Waals surface area contributed by atoms with Gasteiger partial charge < -0.3 is 0 Å². The molecule has 1 aromatic heterocycles. The molecule has 98 valence electrons. The highest BCUT2D eigenvalue weighted by Gasteiger charge is 2.09. The third-order valence-corrected chi connectivity index (χ3v) is 3.89. The van der Waals surface area contributed by atoms with E-state index in [1.165, 1.54) is 16.7 Å². The van der Waals surface area contributed by atoms with E-state index in [0.717, 1.165) is 16.7 Å². The monoisotopic (exact) mass is 261 g/mol. The molecule has 0 radical (unpaired) electrons. The van der Waals surface area contributed by atoms with Crippen LogP contribution in [0.3, 0.4) is 0 Å². The number of aromatic nitrogens is 2. The molecule has 1 heterocycles. The van der Waals surface area contributed by atoms with Gasteiger partial charge in [-0.05, 0) is 61.7 Å². The van der Waals surface area contributed by atoms with Crippen LogP contribution in [0.5, 0.6) is 0 Å². The number of benzene rings is 2. The van der Waals surface area contributed by atoms with Gasteiger partial charge in [0.2, 0.25) is 0 Å². The lowest BCUT2D eigenvalue weighted by Gasteiger charge is -2.10. The van der Waals surface area contributed by atoms with Gasteiger partial charge in [-0.15, -0.1) is 0 Å². The minimum Gasteiger partial charge on any atom is -0.299 e. The summed E-state index contributed by atoms with van der Waals surface area (Å²) in [4.78, 5) is 4.39. The van der Waals surface area contributed by atoms with Gasteiger partial charge in [0.15, 0.2) is 0 Å². The van der Waals surface area contributed by atoms with Crippen LogP contribution in [0.4, 0.5) is 0 Å². The molecule has 0 aliphatic heterocycles. The van der Waals surface area contributed by atoms with E-state index in [9.17, 15) is 0 Å². The summed E-state index contributed by atoms with van der Waals surface area (Å²) in [5, 5.41) is 9.14. The molecule has 0 N–H and O–H groups in total. The number of aryl methyl sites for hydroxylation is 2. The van der Waals surface area contributed by atoms with Crippen LogP contribution in [-0.4, -0.2) is 9.55 Å². The fourth-order valence-electron chi connectivity index (χ4n) is 2.49. The summed E-state index contributed by atoms with van der Waals surface area (Å²) in [6.45, 7) is 6.37. The lowest BCUT2D eigenvalue weighted by molar-refractivity contribution is 1.07. The maximum Gasteiger partial charge on any atom is 0.107 e. The fraction of sp³-hybridized carbons (Fsp3) is 0.176. The number of rotatable bonds is 1. The highest BCUT2D eigenvalue weighted by atomic mass is 15.0. The Bertz CT molecular complexity index is 827. The second kappa shape index (κ2) is 4.50. The Morgan fingerprint density at radius 1 is 1.10 bits per heavy atom. The van der Waals surface area contributed by atoms with Gasteiger partial charge in [0.1, 0.15) is 17.9 Å². The van der Waals surface area contributed by atoms with E-state index < -0.39 is 0 Å². The van der Waals surface area contributed by atoms with Crippen molar-refractivity contribution in [1.29, 1.82) is 5.26 Å². The number of imidazole rings is 1. The summed E-state index contributed by atoms with van der Waals surface area (Å²) in [5.74, 6) is 0. The predicted molar refractivity (Wildman–Crippen MR) is 80.0 cm³/mol. The molecule has 0 amide bonds. The Hall–Kier alpha value is -2.60. The first kappa shape index (κ1) is 12.4. The summed E-state index contributed by atoms with van der Waals surface area (Å²) in [6, 6.07) is 12.2. The van der Waals surface area contributed by atoms with Crippen molar-refractivity contribution in [2.45, 2.75) is 20.8 Å². The zero-order valence-electron chi connectivity index (χ0n) is 11.8. The molecule has 0 saturated heterocycles. The zero-order chi connectivity index (χ0) is 14.3. The number of hydrogen-bond donors (Lipinski definition) is 0. The third kappa shape index (κ3) is 1.78. The molecule has 3 aromatic rings. The van der Waals surface area contributed by atoms with Crippen LogP contribution < -0.4 is 0 Å². The Balaban J connectivity index is 2.29. The van der Waals surface area contributed by atoms with Crippen LogP contribution in [0, 0.1) is 32.1 Å². The topological polar surface area (TPSA) is 41.6 Å². The zero-order valence-corrected chi connectivity index (χ0v) is 11.8. The van der Waals surface area contributed by atoms with Crippen LogP contribution in [0.15, 0.2) is 36.7 Å². The lowest BCUT2D eigenvalue weighted by Crippen LogP contribution is -1.96. The summed E-state index contributed by atoms with van der Waals surface area (Å²) >= 11 is 0. The van der Waals surface area contributed by atoms with Crippen molar-refractivity contribution in [2.75, 3.05) is 0 Å². The van der Waals surface area contributed by atoms with Crippen molar-refractivity contribution in [1.82, 2.24) is 9.55 Å². The average molecular weight is 261 g/mol. The molecule has 0 aliphatic rings. The largest absolute Gasteiger partial charge is 0.299 e. The summed E-state index contributed by atoms with van der Waals surface area (Å²) in [6.07, 6.45) is 1.79. The van der Waals surface area contributed by atoms with Crippen molar-refractivity contribution in [3.05, 3.63) is 58.9 Å².